The Kier molecular flexibility index (Phi) is 68.5. The number of para-hydroxylation sites is 1. The summed E-state index contributed by atoms with van der Waals surface area (Å²) in [6.07, 6.45) is 41.8. The van der Waals surface area contributed by atoms with Gasteiger partial charge in [-0.25, -0.2) is 15.0 Å². The monoisotopic (exact) mass is 1500 g/mol. The summed E-state index contributed by atoms with van der Waals surface area (Å²) in [4.78, 5) is 51.5. The second-order valence-electron chi connectivity index (χ2n) is 21.9. The third kappa shape index (κ3) is 35.3. The molecule has 1 aromatic carbocycles. The first-order valence-electron chi connectivity index (χ1n) is 40.8. The van der Waals surface area contributed by atoms with Crippen LogP contribution in [-0.4, -0.2) is 139 Å². The van der Waals surface area contributed by atoms with Crippen molar-refractivity contribution in [1.29, 1.82) is 0 Å². The first-order valence-corrected chi connectivity index (χ1v) is 40.8. The van der Waals surface area contributed by atoms with E-state index in [0.29, 0.717) is 37.0 Å². The molecule has 0 fully saturated rings. The van der Waals surface area contributed by atoms with Gasteiger partial charge in [-0.05, 0) is 142 Å². The van der Waals surface area contributed by atoms with Gasteiger partial charge in [0.05, 0.1) is 40.8 Å². The molecular formula is C90H162N18. The summed E-state index contributed by atoms with van der Waals surface area (Å²) in [5.74, 6) is 1.04. The van der Waals surface area contributed by atoms with E-state index in [4.69, 9.17) is 0 Å². The third-order valence-electron chi connectivity index (χ3n) is 16.3. The zero-order valence-corrected chi connectivity index (χ0v) is 76.8. The summed E-state index contributed by atoms with van der Waals surface area (Å²) in [5, 5.41) is 0. The highest BCUT2D eigenvalue weighted by Crippen LogP contribution is 2.30. The number of hydrogen-bond acceptors (Lipinski definition) is 18. The highest BCUT2D eigenvalue weighted by Gasteiger charge is 2.26. The lowest BCUT2D eigenvalue weighted by Crippen LogP contribution is -2.34. The third-order valence-corrected chi connectivity index (χ3v) is 16.3. The molecule has 18 heteroatoms. The van der Waals surface area contributed by atoms with Gasteiger partial charge >= 0.3 is 0 Å². The molecule has 6 aromatic rings. The number of aryl methyl sites for hydroxylation is 6. The summed E-state index contributed by atoms with van der Waals surface area (Å²) in [6.45, 7) is 73.5. The van der Waals surface area contributed by atoms with Gasteiger partial charge in [-0.1, -0.05) is 190 Å². The summed E-state index contributed by atoms with van der Waals surface area (Å²) in [7, 11) is 12.5. The highest BCUT2D eigenvalue weighted by molar-refractivity contribution is 5.59. The van der Waals surface area contributed by atoms with Gasteiger partial charge < -0.3 is 58.8 Å². The Morgan fingerprint density at radius 3 is 0.870 bits per heavy atom. The number of rotatable bonds is 6. The Morgan fingerprint density at radius 2 is 0.519 bits per heavy atom. The van der Waals surface area contributed by atoms with Gasteiger partial charge in [0.1, 0.15) is 49.1 Å². The fraction of sp³-hybridized carbons (Fsp3) is 0.533. The Morgan fingerprint density at radius 1 is 0.231 bits per heavy atom. The van der Waals surface area contributed by atoms with E-state index < -0.39 is 0 Å². The zero-order valence-electron chi connectivity index (χ0n) is 76.8. The average molecular weight is 1500 g/mol. The Balaban J connectivity index is -0.000000273. The van der Waals surface area contributed by atoms with Gasteiger partial charge in [0.25, 0.3) is 0 Å². The number of pyridine rings is 4. The van der Waals surface area contributed by atoms with Crippen molar-refractivity contribution in [3.8, 4) is 0 Å². The van der Waals surface area contributed by atoms with E-state index in [0.717, 1.165) is 22.9 Å². The summed E-state index contributed by atoms with van der Waals surface area (Å²) in [6, 6.07) is 20.7. The normalized spacial score (nSPS) is 16.7. The molecule has 18 nitrogen and oxygen atoms in total. The van der Waals surface area contributed by atoms with Crippen molar-refractivity contribution in [2.24, 2.45) is 0 Å². The highest BCUT2D eigenvalue weighted by atomic mass is 15.4. The van der Waals surface area contributed by atoms with Crippen molar-refractivity contribution in [2.45, 2.75) is 286 Å². The minimum atomic E-state index is 0.333. The Bertz CT molecular complexity index is 2720. The Hall–Kier alpha value is -9.06. The van der Waals surface area contributed by atoms with E-state index in [1.54, 1.807) is 6.33 Å². The molecule has 12 rings (SSSR count). The van der Waals surface area contributed by atoms with Crippen molar-refractivity contribution in [3.05, 3.63) is 218 Å². The number of anilines is 6. The number of benzene rings is 1. The van der Waals surface area contributed by atoms with E-state index in [1.165, 1.54) is 45.0 Å². The van der Waals surface area contributed by atoms with Crippen LogP contribution in [0.4, 0.5) is 34.3 Å². The molecular weight excluding hydrogens is 1330 g/mol. The molecule has 612 valence electrons. The van der Waals surface area contributed by atoms with Crippen LogP contribution in [0.25, 0.3) is 0 Å². The molecule has 6 aliphatic heterocycles. The molecule has 0 radical (unpaired) electrons. The van der Waals surface area contributed by atoms with Crippen LogP contribution >= 0.6 is 0 Å². The average Bonchev–Trinajstić information content (AvgIpc) is 1.71. The van der Waals surface area contributed by atoms with Gasteiger partial charge in [-0.15, -0.1) is 0 Å². The molecule has 6 atom stereocenters. The quantitative estimate of drug-likeness (QED) is 0.157. The maximum Gasteiger partial charge on any atom is 0.137 e. The fourth-order valence-electron chi connectivity index (χ4n) is 9.86. The molecule has 108 heavy (non-hydrogen) atoms. The molecule has 11 heterocycles. The molecule has 0 bridgehead atoms. The SMILES string of the molecule is CC.CC.CC.CC.CC.CC.CC.CC.CC.CC.CC.CC.Cc1ccccc1N1C=CN(C)C1C.Cc1cccnc1N1C=CN(C)C1C.Cc1ccncc1N1C=CN(C)C1C.Cc1cnccc1N1C=CN(C)C1C.Cc1ncccc1N1C=CN(C)C1C.Cc1ncncc1N1C=CN(C)C1C. The predicted molar refractivity (Wildman–Crippen MR) is 483 cm³/mol. The lowest BCUT2D eigenvalue weighted by molar-refractivity contribution is 0.381. The van der Waals surface area contributed by atoms with Crippen molar-refractivity contribution in [2.75, 3.05) is 71.7 Å². The smallest absolute Gasteiger partial charge is 0.137 e. The second-order valence-corrected chi connectivity index (χ2v) is 21.9. The van der Waals surface area contributed by atoms with E-state index in [2.05, 4.69) is 317 Å². The van der Waals surface area contributed by atoms with E-state index >= 15 is 0 Å². The van der Waals surface area contributed by atoms with Crippen LogP contribution in [0.3, 0.4) is 0 Å². The summed E-state index contributed by atoms with van der Waals surface area (Å²) in [5.41, 5.74) is 13.0. The van der Waals surface area contributed by atoms with E-state index in [1.807, 2.05) is 242 Å². The molecule has 0 aliphatic carbocycles. The molecule has 0 amide bonds. The van der Waals surface area contributed by atoms with Gasteiger partial charge in [-0.3, -0.25) is 15.0 Å². The molecule has 0 saturated carbocycles. The van der Waals surface area contributed by atoms with Crippen LogP contribution in [0, 0.1) is 41.5 Å². The topological polar surface area (TPSA) is 116 Å². The zero-order chi connectivity index (χ0) is 84.8. The van der Waals surface area contributed by atoms with Crippen LogP contribution in [0.5, 0.6) is 0 Å². The van der Waals surface area contributed by atoms with Crippen LogP contribution in [0.1, 0.15) is 241 Å². The van der Waals surface area contributed by atoms with Crippen molar-refractivity contribution < 1.29 is 0 Å². The summed E-state index contributed by atoms with van der Waals surface area (Å²) >= 11 is 0. The maximum atomic E-state index is 4.39. The number of nitrogens with zero attached hydrogens (tertiary/aromatic N) is 18. The minimum absolute atomic E-state index is 0.333. The van der Waals surface area contributed by atoms with Crippen LogP contribution in [-0.2, 0) is 0 Å². The van der Waals surface area contributed by atoms with Crippen LogP contribution in [0.2, 0.25) is 0 Å². The van der Waals surface area contributed by atoms with Crippen LogP contribution < -0.4 is 29.4 Å². The summed E-state index contributed by atoms with van der Waals surface area (Å²) < 4.78 is 0. The minimum Gasteiger partial charge on any atom is -0.359 e. The van der Waals surface area contributed by atoms with Gasteiger partial charge in [-0.2, -0.15) is 0 Å². The van der Waals surface area contributed by atoms with E-state index in [-0.39, 0.29) is 0 Å². The predicted octanol–water partition coefficient (Wildman–Crippen LogP) is 24.1. The molecule has 0 N–H and O–H groups in total. The maximum absolute atomic E-state index is 4.39. The largest absolute Gasteiger partial charge is 0.359 e. The van der Waals surface area contributed by atoms with Gasteiger partial charge in [0, 0.05) is 159 Å². The standard InChI is InChI=1S/C12H16N2.4C11H15N3.C10H14N4.12C2H6/c1-10-6-4-5-7-12(10)14-9-8-13(3)11(14)2;1-9-8-12-5-4-11(9)14-7-6-13(3)10(14)2;1-9-4-5-12-8-11(9)14-7-6-13(3)10(14)2;1-9-11(5-4-6-12-9)14-8-7-13(3)10(14)2;1-9-5-4-6-12-11(9)14-8-7-13(3)10(14)2;1-8-10(6-11-7-12-8)14-5-4-13(3)9(14)2;12*1-2/h4-9,11H,1-3H3;4*4-8,10H,1-3H3;4-7,9H,1-3H3;12*1-2H3. The van der Waals surface area contributed by atoms with E-state index in [9.17, 15) is 0 Å². The lowest BCUT2D eigenvalue weighted by atomic mass is 10.2. The molecule has 6 aliphatic rings. The van der Waals surface area contributed by atoms with Crippen LogP contribution in [0.15, 0.2) is 185 Å². The number of aromatic nitrogens is 6. The second kappa shape index (κ2) is 67.3. The molecule has 0 saturated heterocycles. The fourth-order valence-corrected chi connectivity index (χ4v) is 9.86. The molecule has 5 aromatic heterocycles. The first-order chi connectivity index (χ1) is 52.2. The van der Waals surface area contributed by atoms with Crippen molar-refractivity contribution in [1.82, 2.24) is 59.3 Å². The van der Waals surface area contributed by atoms with Crippen molar-refractivity contribution >= 4 is 34.3 Å². The Labute approximate surface area is 666 Å². The number of hydrogen-bond donors (Lipinski definition) is 0. The van der Waals surface area contributed by atoms with Gasteiger partial charge in [0.15, 0.2) is 0 Å². The molecule has 6 unspecified atom stereocenters. The van der Waals surface area contributed by atoms with Crippen molar-refractivity contribution in [3.63, 3.8) is 0 Å². The van der Waals surface area contributed by atoms with Gasteiger partial charge in [0.2, 0.25) is 0 Å². The lowest BCUT2D eigenvalue weighted by Gasteiger charge is -2.28. The molecule has 0 spiro atoms. The first kappa shape index (κ1) is 110.